The molecule has 0 bridgehead atoms. The average molecular weight is 283 g/mol. The van der Waals surface area contributed by atoms with Gasteiger partial charge in [-0.1, -0.05) is 30.3 Å². The Morgan fingerprint density at radius 3 is 2.81 bits per heavy atom. The van der Waals surface area contributed by atoms with Gasteiger partial charge in [-0.3, -0.25) is 5.32 Å². The lowest BCUT2D eigenvalue weighted by Crippen LogP contribution is -2.20. The molecule has 7 nitrogen and oxygen atoms in total. The highest BCUT2D eigenvalue weighted by molar-refractivity contribution is 6.08. The van der Waals surface area contributed by atoms with Crippen LogP contribution in [0, 0.1) is 0 Å². The van der Waals surface area contributed by atoms with Gasteiger partial charge in [0.25, 0.3) is 0 Å². The fourth-order valence-electron chi connectivity index (χ4n) is 2.13. The van der Waals surface area contributed by atoms with Crippen molar-refractivity contribution in [2.45, 2.75) is 0 Å². The quantitative estimate of drug-likeness (QED) is 0.675. The summed E-state index contributed by atoms with van der Waals surface area (Å²) in [7, 11) is 0. The number of hydrogen-bond donors (Lipinski definition) is 4. The Kier molecular flexibility index (Phi) is 3.15. The third-order valence-electron chi connectivity index (χ3n) is 3.05. The highest BCUT2D eigenvalue weighted by atomic mass is 16.4. The number of carbonyl (C=O) groups is 1. The van der Waals surface area contributed by atoms with E-state index in [1.54, 1.807) is 6.07 Å². The number of anilines is 3. The number of carboxylic acid groups (broad SMARTS) is 1. The standard InChI is InChI=1S/C14H13N5O2/c15-13-12-9(6-11(18-13)19-14(20)21)16-7-10(17-12)8-4-2-1-3-5-8/h1-6,16H,7H2,(H,20,21)(H3,15,18,19). The zero-order valence-corrected chi connectivity index (χ0v) is 11.0. The maximum absolute atomic E-state index is 10.6. The van der Waals surface area contributed by atoms with Gasteiger partial charge in [-0.25, -0.2) is 14.8 Å². The zero-order valence-electron chi connectivity index (χ0n) is 11.0. The van der Waals surface area contributed by atoms with Crippen molar-refractivity contribution in [1.29, 1.82) is 0 Å². The maximum atomic E-state index is 10.6. The van der Waals surface area contributed by atoms with Gasteiger partial charge in [-0.05, 0) is 5.56 Å². The predicted octanol–water partition coefficient (Wildman–Crippen LogP) is 2.30. The van der Waals surface area contributed by atoms with Gasteiger partial charge in [-0.15, -0.1) is 0 Å². The minimum Gasteiger partial charge on any atom is -0.465 e. The van der Waals surface area contributed by atoms with Crippen molar-refractivity contribution in [3.63, 3.8) is 0 Å². The topological polar surface area (TPSA) is 113 Å². The van der Waals surface area contributed by atoms with Crippen LogP contribution in [0.2, 0.25) is 0 Å². The van der Waals surface area contributed by atoms with E-state index in [0.29, 0.717) is 17.9 Å². The molecule has 2 heterocycles. The molecule has 1 amide bonds. The summed E-state index contributed by atoms with van der Waals surface area (Å²) in [5.41, 5.74) is 8.91. The normalized spacial score (nSPS) is 12.9. The monoisotopic (exact) mass is 283 g/mol. The summed E-state index contributed by atoms with van der Waals surface area (Å²) in [5, 5.41) is 14.1. The molecular weight excluding hydrogens is 270 g/mol. The number of pyridine rings is 1. The number of nitrogen functional groups attached to an aromatic ring is 1. The average Bonchev–Trinajstić information content (AvgIpc) is 2.47. The third kappa shape index (κ3) is 2.62. The molecule has 0 unspecified atom stereocenters. The Balaban J connectivity index is 2.00. The molecule has 1 aromatic heterocycles. The number of fused-ring (bicyclic) bond motifs is 1. The smallest absolute Gasteiger partial charge is 0.410 e. The third-order valence-corrected chi connectivity index (χ3v) is 3.05. The molecule has 7 heteroatoms. The van der Waals surface area contributed by atoms with E-state index in [4.69, 9.17) is 10.8 Å². The first kappa shape index (κ1) is 12.9. The number of nitrogens with zero attached hydrogens (tertiary/aromatic N) is 2. The fraction of sp³-hybridized carbons (Fsp3) is 0.0714. The molecule has 0 saturated heterocycles. The number of benzene rings is 1. The Morgan fingerprint density at radius 1 is 1.33 bits per heavy atom. The van der Waals surface area contributed by atoms with Gasteiger partial charge in [0.05, 0.1) is 17.9 Å². The number of aromatic nitrogens is 1. The lowest BCUT2D eigenvalue weighted by atomic mass is 10.1. The van der Waals surface area contributed by atoms with Gasteiger partial charge in [0, 0.05) is 6.07 Å². The molecule has 2 aromatic rings. The summed E-state index contributed by atoms with van der Waals surface area (Å²) >= 11 is 0. The molecule has 1 aliphatic heterocycles. The molecule has 3 rings (SSSR count). The SMILES string of the molecule is Nc1nc(NC(=O)O)cc2c1N=C(c1ccccc1)CN2. The summed E-state index contributed by atoms with van der Waals surface area (Å²) < 4.78 is 0. The first-order valence-corrected chi connectivity index (χ1v) is 6.31. The van der Waals surface area contributed by atoms with E-state index in [0.717, 1.165) is 11.3 Å². The minimum atomic E-state index is -1.19. The summed E-state index contributed by atoms with van der Waals surface area (Å²) in [5.74, 6) is 0.349. The van der Waals surface area contributed by atoms with E-state index in [1.807, 2.05) is 30.3 Å². The molecule has 0 radical (unpaired) electrons. The predicted molar refractivity (Wildman–Crippen MR) is 81.4 cm³/mol. The van der Waals surface area contributed by atoms with Crippen molar-refractivity contribution >= 4 is 34.8 Å². The van der Waals surface area contributed by atoms with Gasteiger partial charge in [-0.2, -0.15) is 0 Å². The van der Waals surface area contributed by atoms with Crippen molar-refractivity contribution in [2.75, 3.05) is 22.9 Å². The Labute approximate surface area is 120 Å². The molecule has 0 spiro atoms. The van der Waals surface area contributed by atoms with Crippen LogP contribution in [0.15, 0.2) is 41.4 Å². The molecule has 0 saturated carbocycles. The van der Waals surface area contributed by atoms with Crippen LogP contribution in [0.25, 0.3) is 0 Å². The molecular formula is C14H13N5O2. The lowest BCUT2D eigenvalue weighted by molar-refractivity contribution is 0.209. The highest BCUT2D eigenvalue weighted by Crippen LogP contribution is 2.35. The van der Waals surface area contributed by atoms with Gasteiger partial charge < -0.3 is 16.2 Å². The van der Waals surface area contributed by atoms with E-state index < -0.39 is 6.09 Å². The van der Waals surface area contributed by atoms with Crippen molar-refractivity contribution in [2.24, 2.45) is 4.99 Å². The van der Waals surface area contributed by atoms with Gasteiger partial charge in [0.15, 0.2) is 5.82 Å². The minimum absolute atomic E-state index is 0.171. The number of nitrogens with two attached hydrogens (primary N) is 1. The van der Waals surface area contributed by atoms with Crippen LogP contribution in [0.4, 0.5) is 27.8 Å². The molecule has 1 aromatic carbocycles. The Bertz CT molecular complexity index is 728. The lowest BCUT2D eigenvalue weighted by Gasteiger charge is -2.19. The zero-order chi connectivity index (χ0) is 14.8. The van der Waals surface area contributed by atoms with Crippen LogP contribution < -0.4 is 16.4 Å². The van der Waals surface area contributed by atoms with Crippen molar-refractivity contribution in [1.82, 2.24) is 4.98 Å². The van der Waals surface area contributed by atoms with Crippen LogP contribution in [-0.2, 0) is 0 Å². The maximum Gasteiger partial charge on any atom is 0.410 e. The van der Waals surface area contributed by atoms with Crippen LogP contribution in [0.3, 0.4) is 0 Å². The highest BCUT2D eigenvalue weighted by Gasteiger charge is 2.17. The number of hydrogen-bond acceptors (Lipinski definition) is 5. The second kappa shape index (κ2) is 5.12. The molecule has 1 aliphatic rings. The van der Waals surface area contributed by atoms with E-state index in [-0.39, 0.29) is 11.6 Å². The van der Waals surface area contributed by atoms with Gasteiger partial charge in [0.1, 0.15) is 11.5 Å². The summed E-state index contributed by atoms with van der Waals surface area (Å²) in [6.07, 6.45) is -1.19. The molecule has 0 atom stereocenters. The van der Waals surface area contributed by atoms with Crippen molar-refractivity contribution in [3.05, 3.63) is 42.0 Å². The van der Waals surface area contributed by atoms with E-state index in [9.17, 15) is 4.79 Å². The summed E-state index contributed by atoms with van der Waals surface area (Å²) in [6, 6.07) is 11.3. The largest absolute Gasteiger partial charge is 0.465 e. The first-order valence-electron chi connectivity index (χ1n) is 6.31. The Hall–Kier alpha value is -3.09. The second-order valence-corrected chi connectivity index (χ2v) is 4.50. The number of aliphatic imine (C=N–C) groups is 1. The van der Waals surface area contributed by atoms with Crippen LogP contribution in [-0.4, -0.2) is 28.4 Å². The number of nitrogens with one attached hydrogen (secondary N) is 2. The van der Waals surface area contributed by atoms with E-state index >= 15 is 0 Å². The number of rotatable bonds is 2. The number of amides is 1. The molecule has 106 valence electrons. The Morgan fingerprint density at radius 2 is 2.10 bits per heavy atom. The summed E-state index contributed by atoms with van der Waals surface area (Å²) in [4.78, 5) is 19.2. The molecule has 21 heavy (non-hydrogen) atoms. The second-order valence-electron chi connectivity index (χ2n) is 4.50. The molecule has 0 fully saturated rings. The molecule has 0 aliphatic carbocycles. The van der Waals surface area contributed by atoms with Crippen LogP contribution in [0.5, 0.6) is 0 Å². The van der Waals surface area contributed by atoms with Gasteiger partial charge >= 0.3 is 6.09 Å². The van der Waals surface area contributed by atoms with Crippen LogP contribution in [0.1, 0.15) is 5.56 Å². The summed E-state index contributed by atoms with van der Waals surface area (Å²) in [6.45, 7) is 0.535. The fourth-order valence-corrected chi connectivity index (χ4v) is 2.13. The van der Waals surface area contributed by atoms with Crippen molar-refractivity contribution < 1.29 is 9.90 Å². The van der Waals surface area contributed by atoms with E-state index in [2.05, 4.69) is 20.6 Å². The molecule has 5 N–H and O–H groups in total. The van der Waals surface area contributed by atoms with Crippen LogP contribution >= 0.6 is 0 Å². The first-order chi connectivity index (χ1) is 10.1. The van der Waals surface area contributed by atoms with Crippen molar-refractivity contribution in [3.8, 4) is 0 Å². The van der Waals surface area contributed by atoms with Gasteiger partial charge in [0.2, 0.25) is 0 Å². The van der Waals surface area contributed by atoms with E-state index in [1.165, 1.54) is 0 Å².